The van der Waals surface area contributed by atoms with Gasteiger partial charge in [0.05, 0.1) is 0 Å². The van der Waals surface area contributed by atoms with E-state index in [-0.39, 0.29) is 5.82 Å². The monoisotopic (exact) mass is 243 g/mol. The molecule has 0 aliphatic carbocycles. The summed E-state index contributed by atoms with van der Waals surface area (Å²) in [6.45, 7) is 1.51. The molecule has 0 saturated carbocycles. The van der Waals surface area contributed by atoms with Gasteiger partial charge in [0, 0.05) is 12.2 Å². The van der Waals surface area contributed by atoms with Crippen LogP contribution in [0.1, 0.15) is 11.1 Å². The van der Waals surface area contributed by atoms with Gasteiger partial charge in [0.2, 0.25) is 0 Å². The zero-order chi connectivity index (χ0) is 12.4. The molecular formula is C15H14FNO. The maximum atomic E-state index is 12.8. The molecule has 0 unspecified atom stereocenters. The van der Waals surface area contributed by atoms with Crippen molar-refractivity contribution in [3.05, 3.63) is 59.4 Å². The Bertz CT molecular complexity index is 551. The predicted octanol–water partition coefficient (Wildman–Crippen LogP) is 3.37. The minimum absolute atomic E-state index is 0.243. The molecule has 2 aromatic rings. The van der Waals surface area contributed by atoms with Crippen molar-refractivity contribution in [1.82, 2.24) is 0 Å². The topological polar surface area (TPSA) is 21.3 Å². The first-order valence-corrected chi connectivity index (χ1v) is 6.06. The van der Waals surface area contributed by atoms with Crippen molar-refractivity contribution in [3.8, 4) is 5.75 Å². The van der Waals surface area contributed by atoms with Gasteiger partial charge in [-0.1, -0.05) is 12.1 Å². The maximum absolute atomic E-state index is 12.8. The average Bonchev–Trinajstić information content (AvgIpc) is 2.87. The second-order valence-electron chi connectivity index (χ2n) is 4.36. The van der Waals surface area contributed by atoms with Crippen molar-refractivity contribution in [2.45, 2.75) is 13.0 Å². The fourth-order valence-corrected chi connectivity index (χ4v) is 2.24. The van der Waals surface area contributed by atoms with Gasteiger partial charge in [0.1, 0.15) is 18.2 Å². The number of nitrogens with one attached hydrogen (secondary N) is 1. The first-order valence-electron chi connectivity index (χ1n) is 6.06. The number of hydrogen-bond acceptors (Lipinski definition) is 2. The van der Waals surface area contributed by atoms with Crippen LogP contribution in [0.2, 0.25) is 0 Å². The Kier molecular flexibility index (Phi) is 2.89. The molecule has 0 bridgehead atoms. The van der Waals surface area contributed by atoms with E-state index in [2.05, 4.69) is 17.4 Å². The van der Waals surface area contributed by atoms with E-state index in [1.165, 1.54) is 28.9 Å². The Morgan fingerprint density at radius 3 is 2.78 bits per heavy atom. The SMILES string of the molecule is Fc1ccc(OCc2cccc3c2CCN3)cc1. The molecule has 1 aliphatic heterocycles. The number of fused-ring (bicyclic) bond motifs is 1. The van der Waals surface area contributed by atoms with Crippen LogP contribution in [-0.2, 0) is 13.0 Å². The highest BCUT2D eigenvalue weighted by Gasteiger charge is 2.13. The summed E-state index contributed by atoms with van der Waals surface area (Å²) in [7, 11) is 0. The van der Waals surface area contributed by atoms with E-state index >= 15 is 0 Å². The third-order valence-electron chi connectivity index (χ3n) is 3.17. The van der Waals surface area contributed by atoms with Gasteiger partial charge in [-0.3, -0.25) is 0 Å². The molecule has 2 nitrogen and oxygen atoms in total. The summed E-state index contributed by atoms with van der Waals surface area (Å²) in [4.78, 5) is 0. The summed E-state index contributed by atoms with van der Waals surface area (Å²) in [5, 5.41) is 3.34. The Morgan fingerprint density at radius 1 is 1.11 bits per heavy atom. The molecule has 0 amide bonds. The van der Waals surface area contributed by atoms with E-state index in [0.717, 1.165) is 13.0 Å². The van der Waals surface area contributed by atoms with Gasteiger partial charge in [0.25, 0.3) is 0 Å². The number of halogens is 1. The lowest BCUT2D eigenvalue weighted by atomic mass is 10.1. The van der Waals surface area contributed by atoms with Crippen molar-refractivity contribution >= 4 is 5.69 Å². The molecule has 0 aromatic heterocycles. The molecule has 92 valence electrons. The first-order chi connectivity index (χ1) is 8.83. The molecule has 1 aliphatic rings. The van der Waals surface area contributed by atoms with E-state index in [1.54, 1.807) is 12.1 Å². The standard InChI is InChI=1S/C15H14FNO/c16-12-4-6-13(7-5-12)18-10-11-2-1-3-15-14(11)8-9-17-15/h1-7,17H,8-10H2. The van der Waals surface area contributed by atoms with Crippen molar-refractivity contribution in [2.75, 3.05) is 11.9 Å². The molecule has 0 atom stereocenters. The molecule has 18 heavy (non-hydrogen) atoms. The van der Waals surface area contributed by atoms with Crippen LogP contribution in [0.15, 0.2) is 42.5 Å². The third kappa shape index (κ3) is 2.16. The lowest BCUT2D eigenvalue weighted by Gasteiger charge is -2.10. The van der Waals surface area contributed by atoms with Gasteiger partial charge in [-0.15, -0.1) is 0 Å². The van der Waals surface area contributed by atoms with Crippen LogP contribution in [0.3, 0.4) is 0 Å². The van der Waals surface area contributed by atoms with Crippen LogP contribution < -0.4 is 10.1 Å². The maximum Gasteiger partial charge on any atom is 0.123 e. The highest BCUT2D eigenvalue weighted by atomic mass is 19.1. The normalized spacial score (nSPS) is 12.9. The number of ether oxygens (including phenoxy) is 1. The molecule has 1 N–H and O–H groups in total. The first kappa shape index (κ1) is 11.1. The summed E-state index contributed by atoms with van der Waals surface area (Å²) >= 11 is 0. The highest BCUT2D eigenvalue weighted by molar-refractivity contribution is 5.58. The molecule has 3 heteroatoms. The van der Waals surface area contributed by atoms with Gasteiger partial charge in [0.15, 0.2) is 0 Å². The molecular weight excluding hydrogens is 229 g/mol. The lowest BCUT2D eigenvalue weighted by Crippen LogP contribution is -1.99. The fraction of sp³-hybridized carbons (Fsp3) is 0.200. The molecule has 1 heterocycles. The quantitative estimate of drug-likeness (QED) is 0.892. The van der Waals surface area contributed by atoms with Gasteiger partial charge < -0.3 is 10.1 Å². The Balaban J connectivity index is 1.74. The van der Waals surface area contributed by atoms with Gasteiger partial charge in [-0.05, 0) is 47.9 Å². The van der Waals surface area contributed by atoms with Gasteiger partial charge >= 0.3 is 0 Å². The van der Waals surface area contributed by atoms with Crippen molar-refractivity contribution in [1.29, 1.82) is 0 Å². The van der Waals surface area contributed by atoms with Crippen LogP contribution in [0.5, 0.6) is 5.75 Å². The molecule has 3 rings (SSSR count). The minimum Gasteiger partial charge on any atom is -0.489 e. The Hall–Kier alpha value is -2.03. The Morgan fingerprint density at radius 2 is 1.94 bits per heavy atom. The zero-order valence-corrected chi connectivity index (χ0v) is 9.95. The van der Waals surface area contributed by atoms with E-state index < -0.39 is 0 Å². The summed E-state index contributed by atoms with van der Waals surface area (Å²) in [6, 6.07) is 12.3. The summed E-state index contributed by atoms with van der Waals surface area (Å²) in [6.07, 6.45) is 1.04. The second-order valence-corrected chi connectivity index (χ2v) is 4.36. The highest BCUT2D eigenvalue weighted by Crippen LogP contribution is 2.26. The van der Waals surface area contributed by atoms with Crippen LogP contribution >= 0.6 is 0 Å². The molecule has 0 fully saturated rings. The smallest absolute Gasteiger partial charge is 0.123 e. The molecule has 0 saturated heterocycles. The largest absolute Gasteiger partial charge is 0.489 e. The summed E-state index contributed by atoms with van der Waals surface area (Å²) in [5.74, 6) is 0.451. The van der Waals surface area contributed by atoms with E-state index in [9.17, 15) is 4.39 Å². The van der Waals surface area contributed by atoms with Crippen LogP contribution in [0.25, 0.3) is 0 Å². The average molecular weight is 243 g/mol. The summed E-state index contributed by atoms with van der Waals surface area (Å²) < 4.78 is 18.4. The summed E-state index contributed by atoms with van der Waals surface area (Å²) in [5.41, 5.74) is 3.73. The van der Waals surface area contributed by atoms with Crippen molar-refractivity contribution in [3.63, 3.8) is 0 Å². The fourth-order valence-electron chi connectivity index (χ4n) is 2.24. The van der Waals surface area contributed by atoms with Crippen LogP contribution in [0, 0.1) is 5.82 Å². The Labute approximate surface area is 105 Å². The third-order valence-corrected chi connectivity index (χ3v) is 3.17. The minimum atomic E-state index is -0.243. The van der Waals surface area contributed by atoms with Gasteiger partial charge in [-0.2, -0.15) is 0 Å². The number of rotatable bonds is 3. The van der Waals surface area contributed by atoms with E-state index in [4.69, 9.17) is 4.74 Å². The van der Waals surface area contributed by atoms with Gasteiger partial charge in [-0.25, -0.2) is 4.39 Å². The van der Waals surface area contributed by atoms with E-state index in [1.807, 2.05) is 6.07 Å². The van der Waals surface area contributed by atoms with Crippen molar-refractivity contribution < 1.29 is 9.13 Å². The van der Waals surface area contributed by atoms with Crippen molar-refractivity contribution in [2.24, 2.45) is 0 Å². The lowest BCUT2D eigenvalue weighted by molar-refractivity contribution is 0.305. The predicted molar refractivity (Wildman–Crippen MR) is 69.4 cm³/mol. The number of benzene rings is 2. The van der Waals surface area contributed by atoms with Crippen LogP contribution in [0.4, 0.5) is 10.1 Å². The number of hydrogen-bond donors (Lipinski definition) is 1. The number of anilines is 1. The van der Waals surface area contributed by atoms with E-state index in [0.29, 0.717) is 12.4 Å². The van der Waals surface area contributed by atoms with Crippen LogP contribution in [-0.4, -0.2) is 6.54 Å². The molecule has 2 aromatic carbocycles. The zero-order valence-electron chi connectivity index (χ0n) is 9.95. The molecule has 0 radical (unpaired) electrons. The second kappa shape index (κ2) is 4.69. The molecule has 0 spiro atoms.